The van der Waals surface area contributed by atoms with Gasteiger partial charge in [0, 0.05) is 5.75 Å². The summed E-state index contributed by atoms with van der Waals surface area (Å²) in [5.74, 6) is 0.188. The monoisotopic (exact) mass is 264 g/mol. The van der Waals surface area contributed by atoms with Gasteiger partial charge in [0.1, 0.15) is 0 Å². The summed E-state index contributed by atoms with van der Waals surface area (Å²) >= 11 is 1.46. The number of benzene rings is 1. The number of nitrogens with one attached hydrogen (secondary N) is 1. The molecule has 1 aromatic carbocycles. The minimum absolute atomic E-state index is 0.0465. The molecular weight excluding hydrogens is 252 g/mol. The van der Waals surface area contributed by atoms with E-state index in [9.17, 15) is 4.79 Å². The van der Waals surface area contributed by atoms with Gasteiger partial charge in [0.05, 0.1) is 6.42 Å². The molecule has 94 valence electrons. The molecular formula is C11H12N4O2S. The van der Waals surface area contributed by atoms with Crippen molar-refractivity contribution in [3.63, 3.8) is 0 Å². The number of nitrogens with two attached hydrogens (primary N) is 1. The molecule has 0 aliphatic heterocycles. The molecule has 1 aromatic heterocycles. The highest BCUT2D eigenvalue weighted by Crippen LogP contribution is 2.19. The summed E-state index contributed by atoms with van der Waals surface area (Å²) in [6.45, 7) is 0. The van der Waals surface area contributed by atoms with E-state index in [2.05, 4.69) is 15.2 Å². The maximum absolute atomic E-state index is 10.5. The Labute approximate surface area is 108 Å². The number of carboxylic acid groups (broad SMARTS) is 1. The number of anilines is 1. The average molecular weight is 264 g/mol. The molecule has 0 atom stereocenters. The molecule has 6 nitrogen and oxygen atoms in total. The standard InChI is InChI=1S/C11H12N4O2S/c12-10-13-11(15-14-10)18-6-8-3-1-7(2-4-8)5-9(16)17/h1-4H,5-6H2,(H,16,17)(H3,12,13,14,15). The Balaban J connectivity index is 1.92. The lowest BCUT2D eigenvalue weighted by atomic mass is 10.1. The first-order valence-electron chi connectivity index (χ1n) is 5.24. The SMILES string of the molecule is Nc1nc(SCc2ccc(CC(=O)O)cc2)n[nH]1. The fraction of sp³-hybridized carbons (Fsp3) is 0.182. The summed E-state index contributed by atoms with van der Waals surface area (Å²) in [5.41, 5.74) is 7.29. The van der Waals surface area contributed by atoms with Crippen LogP contribution in [0.15, 0.2) is 29.4 Å². The molecule has 0 fully saturated rings. The van der Waals surface area contributed by atoms with Crippen molar-refractivity contribution < 1.29 is 9.90 Å². The van der Waals surface area contributed by atoms with Crippen molar-refractivity contribution in [3.05, 3.63) is 35.4 Å². The topological polar surface area (TPSA) is 105 Å². The van der Waals surface area contributed by atoms with Crippen LogP contribution in [0.4, 0.5) is 5.95 Å². The molecule has 0 unspecified atom stereocenters. The van der Waals surface area contributed by atoms with Crippen molar-refractivity contribution in [2.24, 2.45) is 0 Å². The molecule has 0 saturated heterocycles. The number of nitrogens with zero attached hydrogens (tertiary/aromatic N) is 2. The third-order valence-corrected chi connectivity index (χ3v) is 3.15. The number of carbonyl (C=O) groups is 1. The Bertz CT molecular complexity index is 538. The van der Waals surface area contributed by atoms with Crippen LogP contribution in [-0.2, 0) is 17.0 Å². The first-order chi connectivity index (χ1) is 8.63. The van der Waals surface area contributed by atoms with Crippen LogP contribution in [0.2, 0.25) is 0 Å². The highest BCUT2D eigenvalue weighted by molar-refractivity contribution is 7.98. The quantitative estimate of drug-likeness (QED) is 0.703. The zero-order chi connectivity index (χ0) is 13.0. The van der Waals surface area contributed by atoms with Gasteiger partial charge in [-0.3, -0.25) is 4.79 Å². The second-order valence-corrected chi connectivity index (χ2v) is 4.62. The van der Waals surface area contributed by atoms with Gasteiger partial charge in [-0.15, -0.1) is 5.10 Å². The zero-order valence-corrected chi connectivity index (χ0v) is 10.3. The second kappa shape index (κ2) is 5.54. The number of hydrogen-bond acceptors (Lipinski definition) is 5. The highest BCUT2D eigenvalue weighted by Gasteiger charge is 2.03. The highest BCUT2D eigenvalue weighted by atomic mass is 32.2. The van der Waals surface area contributed by atoms with Crippen molar-refractivity contribution in [2.45, 2.75) is 17.3 Å². The number of hydrogen-bond donors (Lipinski definition) is 3. The molecule has 0 aliphatic carbocycles. The Hall–Kier alpha value is -2.02. The molecule has 0 radical (unpaired) electrons. The summed E-state index contributed by atoms with van der Waals surface area (Å²) < 4.78 is 0. The lowest BCUT2D eigenvalue weighted by Crippen LogP contribution is -1.99. The summed E-state index contributed by atoms with van der Waals surface area (Å²) in [7, 11) is 0. The molecule has 0 spiro atoms. The summed E-state index contributed by atoms with van der Waals surface area (Å²) in [4.78, 5) is 14.5. The number of H-pyrrole nitrogens is 1. The fourth-order valence-electron chi connectivity index (χ4n) is 1.40. The van der Waals surface area contributed by atoms with E-state index in [1.807, 2.05) is 24.3 Å². The molecule has 0 amide bonds. The van der Waals surface area contributed by atoms with E-state index >= 15 is 0 Å². The Kier molecular flexibility index (Phi) is 3.83. The van der Waals surface area contributed by atoms with E-state index in [0.29, 0.717) is 16.9 Å². The largest absolute Gasteiger partial charge is 0.481 e. The van der Waals surface area contributed by atoms with E-state index in [1.54, 1.807) is 0 Å². The van der Waals surface area contributed by atoms with Gasteiger partial charge in [-0.2, -0.15) is 4.98 Å². The van der Waals surface area contributed by atoms with Crippen LogP contribution in [0.5, 0.6) is 0 Å². The predicted molar refractivity (Wildman–Crippen MR) is 68.1 cm³/mol. The van der Waals surface area contributed by atoms with Gasteiger partial charge in [0.15, 0.2) is 0 Å². The predicted octanol–water partition coefficient (Wildman–Crippen LogP) is 1.31. The van der Waals surface area contributed by atoms with Crippen LogP contribution in [0, 0.1) is 0 Å². The zero-order valence-electron chi connectivity index (χ0n) is 9.46. The summed E-state index contributed by atoms with van der Waals surface area (Å²) in [6.07, 6.45) is 0.0465. The molecule has 4 N–H and O–H groups in total. The first kappa shape index (κ1) is 12.4. The smallest absolute Gasteiger partial charge is 0.307 e. The van der Waals surface area contributed by atoms with Crippen molar-refractivity contribution >= 4 is 23.7 Å². The molecule has 18 heavy (non-hydrogen) atoms. The molecule has 2 aromatic rings. The summed E-state index contributed by atoms with van der Waals surface area (Å²) in [6, 6.07) is 7.44. The molecule has 1 heterocycles. The van der Waals surface area contributed by atoms with Gasteiger partial charge in [-0.1, -0.05) is 36.0 Å². The van der Waals surface area contributed by atoms with Crippen molar-refractivity contribution in [3.8, 4) is 0 Å². The number of nitrogen functional groups attached to an aromatic ring is 1. The number of aromatic nitrogens is 3. The Morgan fingerprint density at radius 3 is 2.56 bits per heavy atom. The van der Waals surface area contributed by atoms with Crippen LogP contribution >= 0.6 is 11.8 Å². The van der Waals surface area contributed by atoms with Gasteiger partial charge in [0.25, 0.3) is 0 Å². The lowest BCUT2D eigenvalue weighted by Gasteiger charge is -2.01. The van der Waals surface area contributed by atoms with E-state index in [4.69, 9.17) is 10.8 Å². The fourth-order valence-corrected chi connectivity index (χ4v) is 2.16. The van der Waals surface area contributed by atoms with E-state index in [0.717, 1.165) is 11.1 Å². The third kappa shape index (κ3) is 3.49. The number of rotatable bonds is 5. The Morgan fingerprint density at radius 1 is 1.33 bits per heavy atom. The van der Waals surface area contributed by atoms with Gasteiger partial charge >= 0.3 is 5.97 Å². The number of aliphatic carboxylic acids is 1. The molecule has 0 aliphatic rings. The lowest BCUT2D eigenvalue weighted by molar-refractivity contribution is -0.136. The summed E-state index contributed by atoms with van der Waals surface area (Å²) in [5, 5.41) is 15.7. The van der Waals surface area contributed by atoms with Gasteiger partial charge < -0.3 is 10.8 Å². The van der Waals surface area contributed by atoms with Crippen LogP contribution in [0.3, 0.4) is 0 Å². The third-order valence-electron chi connectivity index (χ3n) is 2.23. The molecule has 2 rings (SSSR count). The van der Waals surface area contributed by atoms with Crippen LogP contribution in [0.1, 0.15) is 11.1 Å². The normalized spacial score (nSPS) is 10.4. The van der Waals surface area contributed by atoms with Gasteiger partial charge in [-0.05, 0) is 11.1 Å². The van der Waals surface area contributed by atoms with Crippen LogP contribution in [-0.4, -0.2) is 26.3 Å². The number of carboxylic acids is 1. The van der Waals surface area contributed by atoms with E-state index < -0.39 is 5.97 Å². The van der Waals surface area contributed by atoms with Crippen LogP contribution < -0.4 is 5.73 Å². The maximum atomic E-state index is 10.5. The van der Waals surface area contributed by atoms with Crippen molar-refractivity contribution in [1.82, 2.24) is 15.2 Å². The van der Waals surface area contributed by atoms with Crippen molar-refractivity contribution in [1.29, 1.82) is 0 Å². The second-order valence-electron chi connectivity index (χ2n) is 3.68. The van der Waals surface area contributed by atoms with E-state index in [1.165, 1.54) is 11.8 Å². The van der Waals surface area contributed by atoms with Gasteiger partial charge in [0.2, 0.25) is 11.1 Å². The molecule has 7 heteroatoms. The maximum Gasteiger partial charge on any atom is 0.307 e. The minimum Gasteiger partial charge on any atom is -0.481 e. The van der Waals surface area contributed by atoms with E-state index in [-0.39, 0.29) is 6.42 Å². The average Bonchev–Trinajstić information content (AvgIpc) is 2.74. The van der Waals surface area contributed by atoms with Crippen LogP contribution in [0.25, 0.3) is 0 Å². The number of aromatic amines is 1. The minimum atomic E-state index is -0.826. The molecule has 0 bridgehead atoms. The molecule has 0 saturated carbocycles. The number of thioether (sulfide) groups is 1. The Morgan fingerprint density at radius 2 is 2.00 bits per heavy atom. The first-order valence-corrected chi connectivity index (χ1v) is 6.22. The van der Waals surface area contributed by atoms with Gasteiger partial charge in [-0.25, -0.2) is 5.10 Å². The van der Waals surface area contributed by atoms with Crippen molar-refractivity contribution in [2.75, 3.05) is 5.73 Å².